The quantitative estimate of drug-likeness (QED) is 0.692. The fourth-order valence-electron chi connectivity index (χ4n) is 3.76. The highest BCUT2D eigenvalue weighted by Crippen LogP contribution is 2.27. The van der Waals surface area contributed by atoms with Gasteiger partial charge < -0.3 is 5.32 Å². The van der Waals surface area contributed by atoms with Crippen LogP contribution in [0.5, 0.6) is 0 Å². The lowest BCUT2D eigenvalue weighted by molar-refractivity contribution is -0.126. The first-order chi connectivity index (χ1) is 14.6. The summed E-state index contributed by atoms with van der Waals surface area (Å²) in [6.07, 6.45) is 1.80. The van der Waals surface area contributed by atoms with Crippen LogP contribution in [-0.4, -0.2) is 38.3 Å². The fourth-order valence-corrected chi connectivity index (χ4v) is 5.36. The number of carbonyl (C=O) groups excluding carboxylic acids is 1. The zero-order valence-corrected chi connectivity index (χ0v) is 20.0. The summed E-state index contributed by atoms with van der Waals surface area (Å²) in [6, 6.07) is 14.7. The number of hydrogen-bond acceptors (Lipinski definition) is 3. The normalized spacial score (nSPS) is 16.3. The molecule has 0 radical (unpaired) electrons. The molecule has 0 bridgehead atoms. The number of nitrogens with zero attached hydrogens (tertiary/aromatic N) is 1. The maximum atomic E-state index is 13.0. The first-order valence-electron chi connectivity index (χ1n) is 10.7. The van der Waals surface area contributed by atoms with Gasteiger partial charge in [0.15, 0.2) is 0 Å². The van der Waals surface area contributed by atoms with Crippen molar-refractivity contribution < 1.29 is 13.2 Å². The van der Waals surface area contributed by atoms with Crippen molar-refractivity contribution in [1.29, 1.82) is 0 Å². The molecule has 1 amide bonds. The third-order valence-electron chi connectivity index (χ3n) is 5.81. The van der Waals surface area contributed by atoms with Crippen LogP contribution in [0.15, 0.2) is 53.4 Å². The predicted octanol–water partition coefficient (Wildman–Crippen LogP) is 4.40. The van der Waals surface area contributed by atoms with Gasteiger partial charge in [0.25, 0.3) is 0 Å². The first-order valence-corrected chi connectivity index (χ1v) is 12.5. The minimum Gasteiger partial charge on any atom is -0.356 e. The zero-order chi connectivity index (χ0) is 22.6. The fraction of sp³-hybridized carbons (Fsp3) is 0.458. The lowest BCUT2D eigenvalue weighted by Gasteiger charge is -2.30. The molecule has 1 N–H and O–H groups in total. The Bertz CT molecular complexity index is 989. The van der Waals surface area contributed by atoms with Crippen molar-refractivity contribution in [2.75, 3.05) is 19.6 Å². The van der Waals surface area contributed by atoms with E-state index in [9.17, 15) is 13.2 Å². The number of piperidine rings is 1. The van der Waals surface area contributed by atoms with Gasteiger partial charge in [0.1, 0.15) is 0 Å². The Kier molecular flexibility index (Phi) is 7.45. The molecule has 1 aliphatic rings. The maximum absolute atomic E-state index is 13.0. The molecule has 1 fully saturated rings. The summed E-state index contributed by atoms with van der Waals surface area (Å²) in [5.74, 6) is -0.152. The highest BCUT2D eigenvalue weighted by atomic mass is 35.5. The summed E-state index contributed by atoms with van der Waals surface area (Å²) < 4.78 is 27.5. The molecule has 0 spiro atoms. The largest absolute Gasteiger partial charge is 0.356 e. The molecule has 0 atom stereocenters. The molecule has 1 aliphatic heterocycles. The number of hydrogen-bond donors (Lipinski definition) is 1. The average Bonchev–Trinajstić information content (AvgIpc) is 2.74. The lowest BCUT2D eigenvalue weighted by Crippen LogP contribution is -2.43. The van der Waals surface area contributed by atoms with Gasteiger partial charge in [0.2, 0.25) is 15.9 Å². The molecule has 7 heteroatoms. The van der Waals surface area contributed by atoms with Crippen molar-refractivity contribution in [2.24, 2.45) is 5.92 Å². The molecule has 0 saturated carbocycles. The molecule has 168 valence electrons. The Hall–Kier alpha value is -1.89. The minimum absolute atomic E-state index is 0.000501. The molecule has 2 aromatic carbocycles. The number of carbonyl (C=O) groups is 1. The van der Waals surface area contributed by atoms with Gasteiger partial charge >= 0.3 is 0 Å². The summed E-state index contributed by atoms with van der Waals surface area (Å²) >= 11 is 5.89. The monoisotopic (exact) mass is 462 g/mol. The second-order valence-electron chi connectivity index (χ2n) is 9.12. The number of benzene rings is 2. The van der Waals surface area contributed by atoms with Crippen LogP contribution in [0.1, 0.15) is 44.7 Å². The molecule has 31 heavy (non-hydrogen) atoms. The van der Waals surface area contributed by atoms with Crippen molar-refractivity contribution in [2.45, 2.75) is 50.3 Å². The van der Waals surface area contributed by atoms with Crippen LogP contribution in [0.3, 0.4) is 0 Å². The van der Waals surface area contributed by atoms with E-state index < -0.39 is 10.0 Å². The molecule has 1 heterocycles. The van der Waals surface area contributed by atoms with Gasteiger partial charge in [0.05, 0.1) is 4.90 Å². The number of sulfonamides is 1. The molecule has 0 unspecified atom stereocenters. The van der Waals surface area contributed by atoms with Gasteiger partial charge in [0, 0.05) is 30.6 Å². The standard InChI is InChI=1S/C24H31ClN2O3S/c1-24(2,3)20-6-10-22(11-7-20)31(29,30)27-16-13-19(14-17-27)23(28)26-15-12-18-4-8-21(25)9-5-18/h4-11,19H,12-17H2,1-3H3,(H,26,28). The average molecular weight is 463 g/mol. The SMILES string of the molecule is CC(C)(C)c1ccc(S(=O)(=O)N2CCC(C(=O)NCCc3ccc(Cl)cc3)CC2)cc1. The van der Waals surface area contributed by atoms with E-state index in [1.54, 1.807) is 12.1 Å². The first kappa shape index (κ1) is 23.8. The number of halogens is 1. The van der Waals surface area contributed by atoms with E-state index in [0.717, 1.165) is 17.5 Å². The highest BCUT2D eigenvalue weighted by molar-refractivity contribution is 7.89. The topological polar surface area (TPSA) is 66.5 Å². The van der Waals surface area contributed by atoms with Crippen molar-refractivity contribution in [3.63, 3.8) is 0 Å². The molecule has 0 aromatic heterocycles. The smallest absolute Gasteiger partial charge is 0.243 e. The lowest BCUT2D eigenvalue weighted by atomic mass is 9.87. The molecular formula is C24H31ClN2O3S. The van der Waals surface area contributed by atoms with E-state index in [4.69, 9.17) is 11.6 Å². The van der Waals surface area contributed by atoms with Crippen LogP contribution in [-0.2, 0) is 26.7 Å². The third kappa shape index (κ3) is 6.09. The van der Waals surface area contributed by atoms with Crippen LogP contribution < -0.4 is 5.32 Å². The van der Waals surface area contributed by atoms with Gasteiger partial charge in [-0.2, -0.15) is 4.31 Å². The maximum Gasteiger partial charge on any atom is 0.243 e. The molecule has 0 aliphatic carbocycles. The van der Waals surface area contributed by atoms with Crippen LogP contribution in [0.2, 0.25) is 5.02 Å². The van der Waals surface area contributed by atoms with Crippen LogP contribution >= 0.6 is 11.6 Å². The number of rotatable bonds is 6. The molecule has 1 saturated heterocycles. The van der Waals surface area contributed by atoms with Crippen molar-refractivity contribution in [1.82, 2.24) is 9.62 Å². The second kappa shape index (κ2) is 9.72. The highest BCUT2D eigenvalue weighted by Gasteiger charge is 2.32. The Morgan fingerprint density at radius 1 is 1.03 bits per heavy atom. The third-order valence-corrected chi connectivity index (χ3v) is 7.97. The Balaban J connectivity index is 1.51. The van der Waals surface area contributed by atoms with Gasteiger partial charge in [-0.3, -0.25) is 4.79 Å². The Morgan fingerprint density at radius 3 is 2.16 bits per heavy atom. The van der Waals surface area contributed by atoms with E-state index in [1.807, 2.05) is 36.4 Å². The summed E-state index contributed by atoms with van der Waals surface area (Å²) in [7, 11) is -3.54. The van der Waals surface area contributed by atoms with Gasteiger partial charge in [-0.15, -0.1) is 0 Å². The van der Waals surface area contributed by atoms with E-state index in [2.05, 4.69) is 26.1 Å². The summed E-state index contributed by atoms with van der Waals surface area (Å²) in [6.45, 7) is 7.57. The predicted molar refractivity (Wildman–Crippen MR) is 125 cm³/mol. The number of amides is 1. The molecular weight excluding hydrogens is 432 g/mol. The zero-order valence-electron chi connectivity index (χ0n) is 18.4. The number of nitrogens with one attached hydrogen (secondary N) is 1. The van der Waals surface area contributed by atoms with Gasteiger partial charge in [-0.25, -0.2) is 8.42 Å². The minimum atomic E-state index is -3.54. The van der Waals surface area contributed by atoms with Crippen LogP contribution in [0.25, 0.3) is 0 Å². The Labute approximate surface area is 190 Å². The van der Waals surface area contributed by atoms with Crippen molar-refractivity contribution >= 4 is 27.5 Å². The second-order valence-corrected chi connectivity index (χ2v) is 11.5. The van der Waals surface area contributed by atoms with Gasteiger partial charge in [-0.05, 0) is 60.1 Å². The van der Waals surface area contributed by atoms with Crippen LogP contribution in [0.4, 0.5) is 0 Å². The van der Waals surface area contributed by atoms with E-state index in [0.29, 0.717) is 42.4 Å². The molecule has 2 aromatic rings. The van der Waals surface area contributed by atoms with E-state index in [1.165, 1.54) is 4.31 Å². The van der Waals surface area contributed by atoms with E-state index in [-0.39, 0.29) is 17.2 Å². The van der Waals surface area contributed by atoms with Crippen molar-refractivity contribution in [3.8, 4) is 0 Å². The van der Waals surface area contributed by atoms with Gasteiger partial charge in [-0.1, -0.05) is 56.6 Å². The Morgan fingerprint density at radius 2 is 1.61 bits per heavy atom. The molecule has 3 rings (SSSR count). The summed E-state index contributed by atoms with van der Waals surface area (Å²) in [5, 5.41) is 3.68. The van der Waals surface area contributed by atoms with Crippen LogP contribution in [0, 0.1) is 5.92 Å². The van der Waals surface area contributed by atoms with E-state index >= 15 is 0 Å². The summed E-state index contributed by atoms with van der Waals surface area (Å²) in [5.41, 5.74) is 2.19. The van der Waals surface area contributed by atoms with Crippen molar-refractivity contribution in [3.05, 3.63) is 64.7 Å². The summed E-state index contributed by atoms with van der Waals surface area (Å²) in [4.78, 5) is 12.8. The molecule has 5 nitrogen and oxygen atoms in total.